The van der Waals surface area contributed by atoms with E-state index in [4.69, 9.17) is 9.47 Å². The highest BCUT2D eigenvalue weighted by Gasteiger charge is 2.14. The first kappa shape index (κ1) is 18.7. The Morgan fingerprint density at radius 1 is 1.07 bits per heavy atom. The summed E-state index contributed by atoms with van der Waals surface area (Å²) in [6, 6.07) is 13.0. The maximum Gasteiger partial charge on any atom is 0.274 e. The Morgan fingerprint density at radius 3 is 2.62 bits per heavy atom. The lowest BCUT2D eigenvalue weighted by atomic mass is 10.2. The van der Waals surface area contributed by atoms with E-state index in [-0.39, 0.29) is 5.91 Å². The lowest BCUT2D eigenvalue weighted by Crippen LogP contribution is -2.21. The zero-order valence-corrected chi connectivity index (χ0v) is 16.2. The summed E-state index contributed by atoms with van der Waals surface area (Å²) in [5, 5.41) is 2.85. The maximum absolute atomic E-state index is 12.5. The normalized spacial score (nSPS) is 12.3. The molecule has 1 aromatic carbocycles. The molecule has 4 rings (SSSR count). The largest absolute Gasteiger partial charge is 0.486 e. The molecule has 0 radical (unpaired) electrons. The highest BCUT2D eigenvalue weighted by atomic mass is 16.6. The van der Waals surface area contributed by atoms with Crippen LogP contribution in [0.25, 0.3) is 0 Å². The van der Waals surface area contributed by atoms with Gasteiger partial charge in [0.2, 0.25) is 0 Å². The summed E-state index contributed by atoms with van der Waals surface area (Å²) in [5.74, 6) is 1.05. The Bertz CT molecular complexity index is 977. The van der Waals surface area contributed by atoms with Crippen molar-refractivity contribution in [2.24, 2.45) is 0 Å². The molecule has 2 aromatic heterocycles. The van der Waals surface area contributed by atoms with E-state index in [1.165, 1.54) is 5.56 Å². The van der Waals surface area contributed by atoms with Crippen molar-refractivity contribution in [3.8, 4) is 11.5 Å². The number of benzene rings is 1. The molecule has 7 heteroatoms. The number of ether oxygens (including phenoxy) is 2. The van der Waals surface area contributed by atoms with Gasteiger partial charge in [0.25, 0.3) is 5.91 Å². The van der Waals surface area contributed by atoms with Crippen LogP contribution in [0.5, 0.6) is 11.5 Å². The van der Waals surface area contributed by atoms with E-state index in [0.717, 1.165) is 18.7 Å². The van der Waals surface area contributed by atoms with Gasteiger partial charge in [0.05, 0.1) is 11.9 Å². The Morgan fingerprint density at radius 2 is 1.86 bits per heavy atom. The number of amides is 1. The van der Waals surface area contributed by atoms with E-state index in [1.807, 2.05) is 25.2 Å². The van der Waals surface area contributed by atoms with Crippen molar-refractivity contribution in [1.82, 2.24) is 9.97 Å². The number of hydrogen-bond acceptors (Lipinski definition) is 6. The molecule has 7 nitrogen and oxygen atoms in total. The summed E-state index contributed by atoms with van der Waals surface area (Å²) in [6.45, 7) is 1.88. The lowest BCUT2D eigenvalue weighted by Gasteiger charge is -2.19. The molecule has 1 N–H and O–H groups in total. The number of aromatic nitrogens is 2. The van der Waals surface area contributed by atoms with Gasteiger partial charge in [-0.2, -0.15) is 0 Å². The number of anilines is 2. The average Bonchev–Trinajstić information content (AvgIpc) is 2.78. The minimum absolute atomic E-state index is 0.271. The van der Waals surface area contributed by atoms with Crippen LogP contribution in [0.1, 0.15) is 16.1 Å². The van der Waals surface area contributed by atoms with Crippen LogP contribution in [0.3, 0.4) is 0 Å². The monoisotopic (exact) mass is 390 g/mol. The summed E-state index contributed by atoms with van der Waals surface area (Å²) < 4.78 is 11.0. The van der Waals surface area contributed by atoms with E-state index < -0.39 is 0 Å². The maximum atomic E-state index is 12.5. The van der Waals surface area contributed by atoms with E-state index in [9.17, 15) is 4.79 Å². The SMILES string of the molecule is CN(CCc1ccncc1)c1ccc(C(=O)Nc2ccc3c(c2)OCCO3)nc1. The van der Waals surface area contributed by atoms with Crippen molar-refractivity contribution in [3.63, 3.8) is 0 Å². The van der Waals surface area contributed by atoms with Crippen LogP contribution in [0.4, 0.5) is 11.4 Å². The van der Waals surface area contributed by atoms with E-state index in [0.29, 0.717) is 36.1 Å². The molecule has 29 heavy (non-hydrogen) atoms. The van der Waals surface area contributed by atoms with Gasteiger partial charge >= 0.3 is 0 Å². The van der Waals surface area contributed by atoms with Gasteiger partial charge in [-0.15, -0.1) is 0 Å². The zero-order valence-electron chi connectivity index (χ0n) is 16.2. The molecule has 0 aliphatic carbocycles. The molecule has 0 spiro atoms. The number of hydrogen-bond donors (Lipinski definition) is 1. The summed E-state index contributed by atoms with van der Waals surface area (Å²) in [7, 11) is 2.01. The predicted molar refractivity (Wildman–Crippen MR) is 111 cm³/mol. The van der Waals surface area contributed by atoms with E-state index in [1.54, 1.807) is 42.9 Å². The lowest BCUT2D eigenvalue weighted by molar-refractivity contribution is 0.102. The van der Waals surface area contributed by atoms with Crippen LogP contribution < -0.4 is 19.7 Å². The van der Waals surface area contributed by atoms with Gasteiger partial charge in [0.15, 0.2) is 11.5 Å². The molecule has 0 fully saturated rings. The predicted octanol–water partition coefficient (Wildman–Crippen LogP) is 3.18. The first-order valence-electron chi connectivity index (χ1n) is 9.46. The number of rotatable bonds is 6. The molecule has 1 amide bonds. The molecule has 3 aromatic rings. The van der Waals surface area contributed by atoms with Gasteiger partial charge in [-0.05, 0) is 48.4 Å². The van der Waals surface area contributed by atoms with E-state index >= 15 is 0 Å². The van der Waals surface area contributed by atoms with Crippen molar-refractivity contribution < 1.29 is 14.3 Å². The zero-order chi connectivity index (χ0) is 20.1. The summed E-state index contributed by atoms with van der Waals surface area (Å²) in [5.41, 5.74) is 3.18. The van der Waals surface area contributed by atoms with E-state index in [2.05, 4.69) is 20.2 Å². The standard InChI is InChI=1S/C22H22N4O3/c1-26(11-8-16-6-9-23-10-7-16)18-3-4-19(24-15-18)22(27)25-17-2-5-20-21(14-17)29-13-12-28-20/h2-7,9-10,14-15H,8,11-13H2,1H3,(H,25,27). The van der Waals surface area contributed by atoms with Crippen LogP contribution in [-0.4, -0.2) is 42.7 Å². The summed E-state index contributed by atoms with van der Waals surface area (Å²) in [4.78, 5) is 23.0. The Balaban J connectivity index is 1.36. The second-order valence-corrected chi connectivity index (χ2v) is 6.74. The molecule has 1 aliphatic heterocycles. The number of nitrogens with zero attached hydrogens (tertiary/aromatic N) is 3. The number of pyridine rings is 2. The molecule has 1 aliphatic rings. The van der Waals surface area contributed by atoms with Crippen molar-refractivity contribution in [2.45, 2.75) is 6.42 Å². The number of nitrogens with one attached hydrogen (secondary N) is 1. The third kappa shape index (κ3) is 4.63. The molecule has 148 valence electrons. The second kappa shape index (κ2) is 8.60. The van der Waals surface area contributed by atoms with Crippen molar-refractivity contribution in [3.05, 3.63) is 72.3 Å². The molecular weight excluding hydrogens is 368 g/mol. The minimum Gasteiger partial charge on any atom is -0.486 e. The molecule has 0 saturated heterocycles. The van der Waals surface area contributed by atoms with Crippen LogP contribution >= 0.6 is 0 Å². The second-order valence-electron chi connectivity index (χ2n) is 6.74. The fourth-order valence-corrected chi connectivity index (χ4v) is 3.04. The number of fused-ring (bicyclic) bond motifs is 1. The molecular formula is C22H22N4O3. The Labute approximate surface area is 169 Å². The first-order valence-corrected chi connectivity index (χ1v) is 9.46. The van der Waals surface area contributed by atoms with Gasteiger partial charge < -0.3 is 19.7 Å². The third-order valence-electron chi connectivity index (χ3n) is 4.71. The van der Waals surface area contributed by atoms with Crippen LogP contribution in [0, 0.1) is 0 Å². The molecule has 0 atom stereocenters. The highest BCUT2D eigenvalue weighted by Crippen LogP contribution is 2.32. The smallest absolute Gasteiger partial charge is 0.274 e. The molecule has 0 saturated carbocycles. The summed E-state index contributed by atoms with van der Waals surface area (Å²) >= 11 is 0. The molecule has 0 unspecified atom stereocenters. The number of carbonyl (C=O) groups is 1. The van der Waals surface area contributed by atoms with Gasteiger partial charge in [0, 0.05) is 37.7 Å². The van der Waals surface area contributed by atoms with Crippen molar-refractivity contribution >= 4 is 17.3 Å². The van der Waals surface area contributed by atoms with Gasteiger partial charge in [0.1, 0.15) is 18.9 Å². The quantitative estimate of drug-likeness (QED) is 0.697. The average molecular weight is 390 g/mol. The van der Waals surface area contributed by atoms with Gasteiger partial charge in [-0.1, -0.05) is 0 Å². The number of carbonyl (C=O) groups excluding carboxylic acids is 1. The van der Waals surface area contributed by atoms with Crippen LogP contribution in [0.2, 0.25) is 0 Å². The molecule has 3 heterocycles. The Kier molecular flexibility index (Phi) is 5.56. The van der Waals surface area contributed by atoms with Crippen molar-refractivity contribution in [1.29, 1.82) is 0 Å². The fourth-order valence-electron chi connectivity index (χ4n) is 3.04. The third-order valence-corrected chi connectivity index (χ3v) is 4.71. The fraction of sp³-hybridized carbons (Fsp3) is 0.227. The van der Waals surface area contributed by atoms with Crippen LogP contribution in [-0.2, 0) is 6.42 Å². The number of likely N-dealkylation sites (N-methyl/N-ethyl adjacent to an activating group) is 1. The minimum atomic E-state index is -0.271. The molecule has 0 bridgehead atoms. The topological polar surface area (TPSA) is 76.6 Å². The van der Waals surface area contributed by atoms with Crippen molar-refractivity contribution in [2.75, 3.05) is 37.0 Å². The Hall–Kier alpha value is -3.61. The van der Waals surface area contributed by atoms with Gasteiger partial charge in [-0.25, -0.2) is 4.98 Å². The van der Waals surface area contributed by atoms with Crippen LogP contribution in [0.15, 0.2) is 61.1 Å². The highest BCUT2D eigenvalue weighted by molar-refractivity contribution is 6.03. The first-order chi connectivity index (χ1) is 14.2. The summed E-state index contributed by atoms with van der Waals surface area (Å²) in [6.07, 6.45) is 6.22. The van der Waals surface area contributed by atoms with Gasteiger partial charge in [-0.3, -0.25) is 9.78 Å².